The van der Waals surface area contributed by atoms with E-state index in [1.807, 2.05) is 0 Å². The molecule has 2 aromatic heterocycles. The highest BCUT2D eigenvalue weighted by atomic mass is 35.5. The van der Waals surface area contributed by atoms with Gasteiger partial charge in [0, 0.05) is 17.5 Å². The molecule has 0 unspecified atom stereocenters. The fraction of sp³-hybridized carbons (Fsp3) is 0.200. The molecule has 0 saturated carbocycles. The molecular weight excluding hydrogens is 320 g/mol. The molecule has 3 rings (SSSR count). The summed E-state index contributed by atoms with van der Waals surface area (Å²) in [7, 11) is 0. The van der Waals surface area contributed by atoms with Gasteiger partial charge in [-0.15, -0.1) is 10.2 Å². The van der Waals surface area contributed by atoms with Crippen molar-refractivity contribution in [2.75, 3.05) is 0 Å². The standard InChI is InChI=1S/C15H13ClN4O3/c1-8(14-20-18-9(2)23-14)22-15(21)12-7-17-19-13(12)10-3-5-11(16)6-4-10/h3-8H,1-2H3,(H,17,19)/t8-/m1/s1. The topological polar surface area (TPSA) is 93.9 Å². The lowest BCUT2D eigenvalue weighted by molar-refractivity contribution is 0.0278. The van der Waals surface area contributed by atoms with Crippen LogP contribution in [0.4, 0.5) is 0 Å². The Kier molecular flexibility index (Phi) is 4.12. The van der Waals surface area contributed by atoms with Crippen LogP contribution >= 0.6 is 11.6 Å². The fourth-order valence-corrected chi connectivity index (χ4v) is 2.15. The fourth-order valence-electron chi connectivity index (χ4n) is 2.03. The monoisotopic (exact) mass is 332 g/mol. The highest BCUT2D eigenvalue weighted by Crippen LogP contribution is 2.25. The molecule has 3 aromatic rings. The van der Waals surface area contributed by atoms with Gasteiger partial charge in [0.1, 0.15) is 5.56 Å². The maximum Gasteiger partial charge on any atom is 0.342 e. The van der Waals surface area contributed by atoms with E-state index in [4.69, 9.17) is 20.8 Å². The van der Waals surface area contributed by atoms with E-state index < -0.39 is 12.1 Å². The maximum atomic E-state index is 12.4. The number of rotatable bonds is 4. The Morgan fingerprint density at radius 2 is 2.04 bits per heavy atom. The molecule has 0 fully saturated rings. The molecular formula is C15H13ClN4O3. The Morgan fingerprint density at radius 1 is 1.30 bits per heavy atom. The smallest absolute Gasteiger partial charge is 0.342 e. The van der Waals surface area contributed by atoms with Gasteiger partial charge in [0.15, 0.2) is 6.10 Å². The molecule has 118 valence electrons. The summed E-state index contributed by atoms with van der Waals surface area (Å²) < 4.78 is 10.6. The largest absolute Gasteiger partial charge is 0.449 e. The van der Waals surface area contributed by atoms with Gasteiger partial charge in [0.2, 0.25) is 5.89 Å². The number of aryl methyl sites for hydroxylation is 1. The van der Waals surface area contributed by atoms with Crippen molar-refractivity contribution in [1.82, 2.24) is 20.4 Å². The first-order valence-electron chi connectivity index (χ1n) is 6.85. The van der Waals surface area contributed by atoms with Crippen LogP contribution in [0.1, 0.15) is 35.2 Å². The number of aromatic amines is 1. The van der Waals surface area contributed by atoms with Gasteiger partial charge in [-0.3, -0.25) is 5.10 Å². The number of carbonyl (C=O) groups excluding carboxylic acids is 1. The second-order valence-corrected chi connectivity index (χ2v) is 5.31. The molecule has 1 atom stereocenters. The lowest BCUT2D eigenvalue weighted by atomic mass is 10.1. The van der Waals surface area contributed by atoms with Crippen molar-refractivity contribution in [3.05, 3.63) is 52.8 Å². The number of hydrogen-bond acceptors (Lipinski definition) is 6. The molecule has 0 aliphatic rings. The van der Waals surface area contributed by atoms with E-state index in [0.717, 1.165) is 5.56 Å². The van der Waals surface area contributed by atoms with Crippen molar-refractivity contribution in [3.8, 4) is 11.3 Å². The molecule has 23 heavy (non-hydrogen) atoms. The van der Waals surface area contributed by atoms with Crippen LogP contribution in [0.15, 0.2) is 34.9 Å². The van der Waals surface area contributed by atoms with Crippen LogP contribution in [0, 0.1) is 6.92 Å². The third-order valence-corrected chi connectivity index (χ3v) is 3.42. The van der Waals surface area contributed by atoms with Gasteiger partial charge in [0.25, 0.3) is 5.89 Å². The first-order valence-corrected chi connectivity index (χ1v) is 7.22. The van der Waals surface area contributed by atoms with E-state index >= 15 is 0 Å². The highest BCUT2D eigenvalue weighted by Gasteiger charge is 2.22. The molecule has 0 saturated heterocycles. The van der Waals surface area contributed by atoms with Crippen molar-refractivity contribution in [3.63, 3.8) is 0 Å². The third-order valence-electron chi connectivity index (χ3n) is 3.17. The molecule has 7 nitrogen and oxygen atoms in total. The average Bonchev–Trinajstić information content (AvgIpc) is 3.17. The first kappa shape index (κ1) is 15.2. The van der Waals surface area contributed by atoms with E-state index in [0.29, 0.717) is 22.2 Å². The summed E-state index contributed by atoms with van der Waals surface area (Å²) in [5, 5.41) is 14.9. The SMILES string of the molecule is Cc1nnc([C@@H](C)OC(=O)c2cn[nH]c2-c2ccc(Cl)cc2)o1. The molecule has 1 N–H and O–H groups in total. The van der Waals surface area contributed by atoms with Gasteiger partial charge in [-0.1, -0.05) is 23.7 Å². The Bertz CT molecular complexity index is 825. The number of aromatic nitrogens is 4. The van der Waals surface area contributed by atoms with Crippen LogP contribution in [0.5, 0.6) is 0 Å². The van der Waals surface area contributed by atoms with Gasteiger partial charge in [-0.2, -0.15) is 5.10 Å². The number of nitrogens with one attached hydrogen (secondary N) is 1. The summed E-state index contributed by atoms with van der Waals surface area (Å²) in [5.41, 5.74) is 1.65. The summed E-state index contributed by atoms with van der Waals surface area (Å²) in [6, 6.07) is 7.04. The number of carbonyl (C=O) groups is 1. The van der Waals surface area contributed by atoms with E-state index in [2.05, 4.69) is 20.4 Å². The number of nitrogens with zero attached hydrogens (tertiary/aromatic N) is 3. The Hall–Kier alpha value is -2.67. The first-order chi connectivity index (χ1) is 11.0. The average molecular weight is 333 g/mol. The molecule has 1 aromatic carbocycles. The van der Waals surface area contributed by atoms with Crippen molar-refractivity contribution >= 4 is 17.6 Å². The zero-order valence-electron chi connectivity index (χ0n) is 12.4. The molecule has 0 amide bonds. The van der Waals surface area contributed by atoms with E-state index in [1.165, 1.54) is 6.20 Å². The number of ether oxygens (including phenoxy) is 1. The number of H-pyrrole nitrogens is 1. The predicted octanol–water partition coefficient (Wildman–Crippen LogP) is 3.34. The minimum absolute atomic E-state index is 0.243. The van der Waals surface area contributed by atoms with Gasteiger partial charge in [-0.25, -0.2) is 4.79 Å². The second kappa shape index (κ2) is 6.21. The molecule has 0 aliphatic carbocycles. The lowest BCUT2D eigenvalue weighted by Crippen LogP contribution is -2.10. The van der Waals surface area contributed by atoms with Crippen LogP contribution in [0.2, 0.25) is 5.02 Å². The van der Waals surface area contributed by atoms with Crippen molar-refractivity contribution < 1.29 is 13.9 Å². The molecule has 0 radical (unpaired) electrons. The lowest BCUT2D eigenvalue weighted by Gasteiger charge is -2.09. The van der Waals surface area contributed by atoms with Crippen molar-refractivity contribution in [2.24, 2.45) is 0 Å². The van der Waals surface area contributed by atoms with Gasteiger partial charge in [-0.05, 0) is 19.1 Å². The van der Waals surface area contributed by atoms with Gasteiger partial charge >= 0.3 is 5.97 Å². The van der Waals surface area contributed by atoms with Crippen LogP contribution in [-0.2, 0) is 4.74 Å². The molecule has 2 heterocycles. The Labute approximate surface area is 136 Å². The van der Waals surface area contributed by atoms with Crippen molar-refractivity contribution in [1.29, 1.82) is 0 Å². The van der Waals surface area contributed by atoms with Crippen LogP contribution in [0.25, 0.3) is 11.3 Å². The summed E-state index contributed by atoms with van der Waals surface area (Å²) in [6.45, 7) is 3.33. The number of halogens is 1. The number of benzene rings is 1. The zero-order valence-corrected chi connectivity index (χ0v) is 13.2. The van der Waals surface area contributed by atoms with E-state index in [9.17, 15) is 4.79 Å². The quantitative estimate of drug-likeness (QED) is 0.736. The normalized spacial score (nSPS) is 12.1. The number of hydrogen-bond donors (Lipinski definition) is 1. The predicted molar refractivity (Wildman–Crippen MR) is 81.9 cm³/mol. The summed E-state index contributed by atoms with van der Waals surface area (Å²) >= 11 is 5.87. The van der Waals surface area contributed by atoms with Crippen LogP contribution < -0.4 is 0 Å². The summed E-state index contributed by atoms with van der Waals surface area (Å²) in [6.07, 6.45) is 0.759. The Balaban J connectivity index is 1.81. The third kappa shape index (κ3) is 3.24. The summed E-state index contributed by atoms with van der Waals surface area (Å²) in [5.74, 6) is 0.118. The molecule has 0 bridgehead atoms. The summed E-state index contributed by atoms with van der Waals surface area (Å²) in [4.78, 5) is 12.4. The number of esters is 1. The van der Waals surface area contributed by atoms with Gasteiger partial charge < -0.3 is 9.15 Å². The van der Waals surface area contributed by atoms with Crippen LogP contribution in [0.3, 0.4) is 0 Å². The minimum atomic E-state index is -0.656. The van der Waals surface area contributed by atoms with Crippen LogP contribution in [-0.4, -0.2) is 26.4 Å². The van der Waals surface area contributed by atoms with Crippen molar-refractivity contribution in [2.45, 2.75) is 20.0 Å². The minimum Gasteiger partial charge on any atom is -0.449 e. The van der Waals surface area contributed by atoms with E-state index in [-0.39, 0.29) is 5.89 Å². The molecule has 8 heteroatoms. The Morgan fingerprint density at radius 3 is 2.70 bits per heavy atom. The molecule has 0 spiro atoms. The maximum absolute atomic E-state index is 12.4. The second-order valence-electron chi connectivity index (χ2n) is 4.87. The molecule has 0 aliphatic heterocycles. The zero-order chi connectivity index (χ0) is 16.4. The van der Waals surface area contributed by atoms with Gasteiger partial charge in [0.05, 0.1) is 11.9 Å². The highest BCUT2D eigenvalue weighted by molar-refractivity contribution is 6.30. The van der Waals surface area contributed by atoms with E-state index in [1.54, 1.807) is 38.1 Å².